The van der Waals surface area contributed by atoms with Crippen molar-refractivity contribution >= 4 is 29.2 Å². The van der Waals surface area contributed by atoms with E-state index in [9.17, 15) is 19.7 Å². The molecule has 1 aliphatic rings. The number of amides is 1. The Labute approximate surface area is 144 Å². The van der Waals surface area contributed by atoms with E-state index in [2.05, 4.69) is 13.8 Å². The minimum atomic E-state index is -0.777. The van der Waals surface area contributed by atoms with Crippen LogP contribution in [0.4, 0.5) is 5.69 Å². The van der Waals surface area contributed by atoms with Crippen molar-refractivity contribution in [3.63, 3.8) is 0 Å². The van der Waals surface area contributed by atoms with Gasteiger partial charge in [0.05, 0.1) is 15.5 Å². The van der Waals surface area contributed by atoms with Crippen LogP contribution in [-0.4, -0.2) is 41.4 Å². The standard InChI is InChI=1S/C16H19ClN2O5/c1-10-5-11(2)8-18(7-10)15(20)9-24-16(21)13-4-3-12(19(22)23)6-14(13)17/h3-4,6,10-11H,5,7-9H2,1-2H3/t10-,11-/m1/s1. The zero-order valence-electron chi connectivity index (χ0n) is 13.5. The predicted molar refractivity (Wildman–Crippen MR) is 87.9 cm³/mol. The number of halogens is 1. The van der Waals surface area contributed by atoms with Crippen LogP contribution in [0.25, 0.3) is 0 Å². The Morgan fingerprint density at radius 1 is 1.33 bits per heavy atom. The molecule has 8 heteroatoms. The normalized spacial score (nSPS) is 20.5. The van der Waals surface area contributed by atoms with Gasteiger partial charge >= 0.3 is 5.97 Å². The first-order valence-corrected chi connectivity index (χ1v) is 8.04. The maximum atomic E-state index is 12.2. The quantitative estimate of drug-likeness (QED) is 0.471. The Balaban J connectivity index is 1.95. The van der Waals surface area contributed by atoms with Crippen LogP contribution >= 0.6 is 11.6 Å². The molecule has 2 rings (SSSR count). The van der Waals surface area contributed by atoms with Crippen LogP contribution in [0.5, 0.6) is 0 Å². The SMILES string of the molecule is C[C@@H]1C[C@@H](C)CN(C(=O)COC(=O)c2ccc([N+](=O)[O-])cc2Cl)C1. The molecule has 1 aromatic rings. The molecule has 0 unspecified atom stereocenters. The van der Waals surface area contributed by atoms with E-state index < -0.39 is 10.9 Å². The van der Waals surface area contributed by atoms with Gasteiger partial charge in [0.1, 0.15) is 0 Å². The van der Waals surface area contributed by atoms with Gasteiger partial charge in [-0.15, -0.1) is 0 Å². The van der Waals surface area contributed by atoms with Gasteiger partial charge in [-0.3, -0.25) is 14.9 Å². The van der Waals surface area contributed by atoms with Gasteiger partial charge < -0.3 is 9.64 Å². The summed E-state index contributed by atoms with van der Waals surface area (Å²) in [5, 5.41) is 10.6. The lowest BCUT2D eigenvalue weighted by atomic mass is 9.92. The minimum Gasteiger partial charge on any atom is -0.452 e. The summed E-state index contributed by atoms with van der Waals surface area (Å²) in [7, 11) is 0. The molecule has 2 atom stereocenters. The lowest BCUT2D eigenvalue weighted by Crippen LogP contribution is -2.44. The lowest BCUT2D eigenvalue weighted by molar-refractivity contribution is -0.384. The van der Waals surface area contributed by atoms with Crippen molar-refractivity contribution in [1.82, 2.24) is 4.90 Å². The fraction of sp³-hybridized carbons (Fsp3) is 0.500. The number of non-ortho nitro benzene ring substituents is 1. The van der Waals surface area contributed by atoms with Gasteiger partial charge in [-0.25, -0.2) is 4.79 Å². The molecule has 0 bridgehead atoms. The molecule has 7 nitrogen and oxygen atoms in total. The average molecular weight is 355 g/mol. The molecule has 0 radical (unpaired) electrons. The Morgan fingerprint density at radius 2 is 1.96 bits per heavy atom. The number of nitro groups is 1. The van der Waals surface area contributed by atoms with Crippen molar-refractivity contribution in [3.8, 4) is 0 Å². The van der Waals surface area contributed by atoms with Crippen molar-refractivity contribution in [2.45, 2.75) is 20.3 Å². The Kier molecular flexibility index (Phi) is 5.77. The van der Waals surface area contributed by atoms with E-state index in [1.54, 1.807) is 4.90 Å². The van der Waals surface area contributed by atoms with Gasteiger partial charge in [0.2, 0.25) is 0 Å². The fourth-order valence-electron chi connectivity index (χ4n) is 2.95. The summed E-state index contributed by atoms with van der Waals surface area (Å²) in [4.78, 5) is 35.9. The number of carbonyl (C=O) groups is 2. The van der Waals surface area contributed by atoms with Crippen LogP contribution in [0, 0.1) is 22.0 Å². The Bertz CT molecular complexity index is 654. The molecule has 0 N–H and O–H groups in total. The monoisotopic (exact) mass is 354 g/mol. The van der Waals surface area contributed by atoms with Crippen LogP contribution in [0.3, 0.4) is 0 Å². The zero-order chi connectivity index (χ0) is 17.9. The number of nitrogens with zero attached hydrogens (tertiary/aromatic N) is 2. The molecule has 0 aromatic heterocycles. The smallest absolute Gasteiger partial charge is 0.340 e. The third-order valence-electron chi connectivity index (χ3n) is 3.93. The predicted octanol–water partition coefficient (Wildman–Crippen LogP) is 2.91. The molecule has 1 amide bonds. The second kappa shape index (κ2) is 7.61. The van der Waals surface area contributed by atoms with Crippen molar-refractivity contribution in [1.29, 1.82) is 0 Å². The summed E-state index contributed by atoms with van der Waals surface area (Å²) in [6.45, 7) is 5.10. The fourth-order valence-corrected chi connectivity index (χ4v) is 3.20. The van der Waals surface area contributed by atoms with E-state index in [1.165, 1.54) is 6.07 Å². The minimum absolute atomic E-state index is 0.00422. The highest BCUT2D eigenvalue weighted by Gasteiger charge is 2.26. The molecule has 1 aromatic carbocycles. The van der Waals surface area contributed by atoms with E-state index in [4.69, 9.17) is 16.3 Å². The number of benzene rings is 1. The molecule has 1 saturated heterocycles. The third-order valence-corrected chi connectivity index (χ3v) is 4.24. The number of esters is 1. The Morgan fingerprint density at radius 3 is 2.50 bits per heavy atom. The molecule has 1 fully saturated rings. The van der Waals surface area contributed by atoms with Crippen LogP contribution < -0.4 is 0 Å². The molecular weight excluding hydrogens is 336 g/mol. The van der Waals surface area contributed by atoms with Gasteiger partial charge in [0.25, 0.3) is 11.6 Å². The number of hydrogen-bond donors (Lipinski definition) is 0. The summed E-state index contributed by atoms with van der Waals surface area (Å²) in [6, 6.07) is 3.46. The molecule has 130 valence electrons. The summed E-state index contributed by atoms with van der Waals surface area (Å²) >= 11 is 5.87. The number of hydrogen-bond acceptors (Lipinski definition) is 5. The van der Waals surface area contributed by atoms with Crippen LogP contribution in [-0.2, 0) is 9.53 Å². The maximum Gasteiger partial charge on any atom is 0.340 e. The van der Waals surface area contributed by atoms with Crippen molar-refractivity contribution < 1.29 is 19.2 Å². The molecule has 1 aliphatic heterocycles. The van der Waals surface area contributed by atoms with E-state index >= 15 is 0 Å². The lowest BCUT2D eigenvalue weighted by Gasteiger charge is -2.34. The summed E-state index contributed by atoms with van der Waals surface area (Å²) in [5.41, 5.74) is -0.223. The number of piperidine rings is 1. The molecule has 0 saturated carbocycles. The number of nitro benzene ring substituents is 1. The molecule has 0 aliphatic carbocycles. The highest BCUT2D eigenvalue weighted by atomic mass is 35.5. The first-order valence-electron chi connectivity index (χ1n) is 7.66. The van der Waals surface area contributed by atoms with Crippen LogP contribution in [0.1, 0.15) is 30.6 Å². The van der Waals surface area contributed by atoms with Gasteiger partial charge in [0, 0.05) is 25.2 Å². The molecular formula is C16H19ClN2O5. The summed E-state index contributed by atoms with van der Waals surface area (Å²) in [6.07, 6.45) is 1.07. The van der Waals surface area contributed by atoms with Gasteiger partial charge in [-0.2, -0.15) is 0 Å². The second-order valence-electron chi connectivity index (χ2n) is 6.24. The van der Waals surface area contributed by atoms with E-state index in [1.807, 2.05) is 0 Å². The highest BCUT2D eigenvalue weighted by Crippen LogP contribution is 2.24. The first-order chi connectivity index (χ1) is 11.3. The second-order valence-corrected chi connectivity index (χ2v) is 6.65. The number of ether oxygens (including phenoxy) is 1. The van der Waals surface area contributed by atoms with Crippen molar-refractivity contribution in [3.05, 3.63) is 38.9 Å². The zero-order valence-corrected chi connectivity index (χ0v) is 14.3. The van der Waals surface area contributed by atoms with Gasteiger partial charge in [0.15, 0.2) is 6.61 Å². The van der Waals surface area contributed by atoms with Crippen LogP contribution in [0.2, 0.25) is 5.02 Å². The number of rotatable bonds is 4. The number of likely N-dealkylation sites (tertiary alicyclic amines) is 1. The van der Waals surface area contributed by atoms with E-state index in [0.29, 0.717) is 24.9 Å². The maximum absolute atomic E-state index is 12.2. The average Bonchev–Trinajstić information content (AvgIpc) is 2.51. The number of carbonyl (C=O) groups excluding carboxylic acids is 2. The first kappa shape index (κ1) is 18.2. The molecule has 0 spiro atoms. The summed E-state index contributed by atoms with van der Waals surface area (Å²) in [5.74, 6) is -0.198. The molecule has 24 heavy (non-hydrogen) atoms. The Hall–Kier alpha value is -2.15. The van der Waals surface area contributed by atoms with Crippen molar-refractivity contribution in [2.75, 3.05) is 19.7 Å². The van der Waals surface area contributed by atoms with Gasteiger partial charge in [-0.1, -0.05) is 25.4 Å². The molecule has 1 heterocycles. The topological polar surface area (TPSA) is 89.8 Å². The van der Waals surface area contributed by atoms with E-state index in [0.717, 1.165) is 18.6 Å². The highest BCUT2D eigenvalue weighted by molar-refractivity contribution is 6.33. The van der Waals surface area contributed by atoms with Crippen molar-refractivity contribution in [2.24, 2.45) is 11.8 Å². The largest absolute Gasteiger partial charge is 0.452 e. The van der Waals surface area contributed by atoms with Crippen LogP contribution in [0.15, 0.2) is 18.2 Å². The van der Waals surface area contributed by atoms with E-state index in [-0.39, 0.29) is 28.8 Å². The summed E-state index contributed by atoms with van der Waals surface area (Å²) < 4.78 is 5.01. The van der Waals surface area contributed by atoms with Gasteiger partial charge in [-0.05, 0) is 24.3 Å². The third kappa shape index (κ3) is 4.44.